The van der Waals surface area contributed by atoms with Crippen molar-refractivity contribution < 1.29 is 28.5 Å². The number of ether oxygens (including phenoxy) is 4. The van der Waals surface area contributed by atoms with Gasteiger partial charge in [-0.1, -0.05) is 28.1 Å². The summed E-state index contributed by atoms with van der Waals surface area (Å²) in [5.74, 6) is 0.847. The first-order valence-electron chi connectivity index (χ1n) is 9.55. The van der Waals surface area contributed by atoms with Crippen molar-refractivity contribution in [1.29, 1.82) is 0 Å². The Bertz CT molecular complexity index is 1150. The number of allylic oxidation sites excluding steroid dienone is 1. The molecule has 0 spiro atoms. The van der Waals surface area contributed by atoms with Gasteiger partial charge in [0.2, 0.25) is 0 Å². The Morgan fingerprint density at radius 2 is 1.31 bits per heavy atom. The van der Waals surface area contributed by atoms with Crippen molar-refractivity contribution in [3.8, 4) is 23.0 Å². The maximum absolute atomic E-state index is 12.6. The first-order chi connectivity index (χ1) is 15.4. The fourth-order valence-corrected chi connectivity index (χ4v) is 3.14. The lowest BCUT2D eigenvalue weighted by molar-refractivity contribution is 0.0729. The van der Waals surface area contributed by atoms with Crippen LogP contribution >= 0.6 is 15.9 Å². The second-order valence-corrected chi connectivity index (χ2v) is 7.49. The Kier molecular flexibility index (Phi) is 7.68. The van der Waals surface area contributed by atoms with Crippen molar-refractivity contribution in [1.82, 2.24) is 0 Å². The zero-order valence-corrected chi connectivity index (χ0v) is 19.3. The van der Waals surface area contributed by atoms with Crippen LogP contribution in [0.4, 0.5) is 0 Å². The van der Waals surface area contributed by atoms with Crippen molar-refractivity contribution in [2.24, 2.45) is 0 Å². The van der Waals surface area contributed by atoms with Crippen LogP contribution in [0.5, 0.6) is 23.0 Å². The summed E-state index contributed by atoms with van der Waals surface area (Å²) in [6.45, 7) is 0. The van der Waals surface area contributed by atoms with Gasteiger partial charge in [0.05, 0.1) is 26.9 Å². The zero-order valence-electron chi connectivity index (χ0n) is 17.8. The maximum Gasteiger partial charge on any atom is 0.343 e. The summed E-state index contributed by atoms with van der Waals surface area (Å²) < 4.78 is 22.2. The number of rotatable bonds is 8. The van der Waals surface area contributed by atoms with Gasteiger partial charge in [0.25, 0.3) is 0 Å². The lowest BCUT2D eigenvalue weighted by Gasteiger charge is -2.12. The number of methoxy groups -OCH3 is 3. The number of hydrogen-bond acceptors (Lipinski definition) is 6. The van der Waals surface area contributed by atoms with E-state index >= 15 is 0 Å². The molecule has 3 rings (SSSR count). The number of carbonyl (C=O) groups excluding carboxylic acids is 2. The van der Waals surface area contributed by atoms with Crippen molar-refractivity contribution in [3.05, 3.63) is 87.9 Å². The largest absolute Gasteiger partial charge is 0.493 e. The molecule has 0 radical (unpaired) electrons. The Labute approximate surface area is 194 Å². The summed E-state index contributed by atoms with van der Waals surface area (Å²) in [7, 11) is 4.48. The van der Waals surface area contributed by atoms with Crippen LogP contribution < -0.4 is 18.9 Å². The summed E-state index contributed by atoms with van der Waals surface area (Å²) in [4.78, 5) is 24.9. The molecule has 0 N–H and O–H groups in total. The molecule has 3 aromatic rings. The molecule has 3 aromatic carbocycles. The number of carbonyl (C=O) groups is 2. The van der Waals surface area contributed by atoms with Crippen LogP contribution in [0.25, 0.3) is 6.08 Å². The summed E-state index contributed by atoms with van der Waals surface area (Å²) in [5, 5.41) is 0. The third kappa shape index (κ3) is 5.56. The quantitative estimate of drug-likeness (QED) is 0.175. The van der Waals surface area contributed by atoms with Gasteiger partial charge in [0.1, 0.15) is 0 Å². The molecule has 0 amide bonds. The highest BCUT2D eigenvalue weighted by Crippen LogP contribution is 2.31. The van der Waals surface area contributed by atoms with Crippen molar-refractivity contribution >= 4 is 33.8 Å². The monoisotopic (exact) mass is 496 g/mol. The summed E-state index contributed by atoms with van der Waals surface area (Å²) in [6, 6.07) is 16.9. The van der Waals surface area contributed by atoms with Crippen LogP contribution in [0.2, 0.25) is 0 Å². The third-order valence-electron chi connectivity index (χ3n) is 4.57. The van der Waals surface area contributed by atoms with Gasteiger partial charge in [-0.25, -0.2) is 4.79 Å². The Morgan fingerprint density at radius 3 is 1.97 bits per heavy atom. The first-order valence-corrected chi connectivity index (χ1v) is 10.3. The number of benzene rings is 3. The molecule has 0 fully saturated rings. The molecule has 0 atom stereocenters. The number of halogens is 1. The first kappa shape index (κ1) is 23.1. The third-order valence-corrected chi connectivity index (χ3v) is 5.09. The van der Waals surface area contributed by atoms with Crippen LogP contribution in [0.3, 0.4) is 0 Å². The molecule has 6 nitrogen and oxygen atoms in total. The molecular formula is C25H21BrO6. The van der Waals surface area contributed by atoms with Gasteiger partial charge in [-0.15, -0.1) is 0 Å². The van der Waals surface area contributed by atoms with Crippen molar-refractivity contribution in [2.75, 3.05) is 21.3 Å². The van der Waals surface area contributed by atoms with E-state index in [4.69, 9.17) is 18.9 Å². The predicted octanol–water partition coefficient (Wildman–Crippen LogP) is 5.59. The van der Waals surface area contributed by atoms with Crippen LogP contribution in [0.1, 0.15) is 26.3 Å². The highest BCUT2D eigenvalue weighted by molar-refractivity contribution is 9.10. The minimum Gasteiger partial charge on any atom is -0.493 e. The topological polar surface area (TPSA) is 71.1 Å². The fraction of sp³-hybridized carbons (Fsp3) is 0.120. The molecule has 0 aliphatic rings. The van der Waals surface area contributed by atoms with Crippen LogP contribution in [-0.2, 0) is 0 Å². The maximum atomic E-state index is 12.6. The molecular weight excluding hydrogens is 476 g/mol. The lowest BCUT2D eigenvalue weighted by Crippen LogP contribution is -2.09. The van der Waals surface area contributed by atoms with Gasteiger partial charge < -0.3 is 18.9 Å². The van der Waals surface area contributed by atoms with E-state index in [0.29, 0.717) is 28.4 Å². The van der Waals surface area contributed by atoms with E-state index in [9.17, 15) is 9.59 Å². The molecule has 0 unspecified atom stereocenters. The van der Waals surface area contributed by atoms with E-state index in [1.165, 1.54) is 27.4 Å². The van der Waals surface area contributed by atoms with Gasteiger partial charge in [-0.05, 0) is 66.2 Å². The fourth-order valence-electron chi connectivity index (χ4n) is 2.88. The smallest absolute Gasteiger partial charge is 0.343 e. The van der Waals surface area contributed by atoms with Crippen LogP contribution in [0.15, 0.2) is 71.2 Å². The molecule has 0 aliphatic heterocycles. The Balaban J connectivity index is 1.75. The SMILES string of the molecule is COc1ccc(C(=O)Oc2ccc(C=CC(=O)c3ccc(Br)cc3)cc2OC)cc1OC. The molecule has 0 aliphatic carbocycles. The zero-order chi connectivity index (χ0) is 23.1. The van der Waals surface area contributed by atoms with E-state index in [2.05, 4.69) is 15.9 Å². The van der Waals surface area contributed by atoms with E-state index in [0.717, 1.165) is 10.0 Å². The minimum atomic E-state index is -0.571. The second kappa shape index (κ2) is 10.6. The molecule has 0 saturated carbocycles. The number of esters is 1. The second-order valence-electron chi connectivity index (χ2n) is 6.57. The highest BCUT2D eigenvalue weighted by atomic mass is 79.9. The van der Waals surface area contributed by atoms with E-state index in [1.54, 1.807) is 54.6 Å². The normalized spacial score (nSPS) is 10.6. The van der Waals surface area contributed by atoms with Gasteiger partial charge >= 0.3 is 5.97 Å². The van der Waals surface area contributed by atoms with Gasteiger partial charge in [-0.3, -0.25) is 4.79 Å². The summed E-state index contributed by atoms with van der Waals surface area (Å²) in [6.07, 6.45) is 3.15. The van der Waals surface area contributed by atoms with Crippen molar-refractivity contribution in [2.45, 2.75) is 0 Å². The summed E-state index contributed by atoms with van der Waals surface area (Å²) >= 11 is 3.35. The Hall–Kier alpha value is -3.58. The number of ketones is 1. The average molecular weight is 497 g/mol. The van der Waals surface area contributed by atoms with E-state index in [-0.39, 0.29) is 11.5 Å². The molecule has 0 bridgehead atoms. The predicted molar refractivity (Wildman–Crippen MR) is 125 cm³/mol. The summed E-state index contributed by atoms with van der Waals surface area (Å²) in [5.41, 5.74) is 1.60. The molecule has 32 heavy (non-hydrogen) atoms. The van der Waals surface area contributed by atoms with Gasteiger partial charge in [0.15, 0.2) is 28.8 Å². The van der Waals surface area contributed by atoms with E-state index in [1.807, 2.05) is 12.1 Å². The molecule has 0 saturated heterocycles. The van der Waals surface area contributed by atoms with E-state index < -0.39 is 5.97 Å². The van der Waals surface area contributed by atoms with Gasteiger partial charge in [-0.2, -0.15) is 0 Å². The highest BCUT2D eigenvalue weighted by Gasteiger charge is 2.15. The van der Waals surface area contributed by atoms with Gasteiger partial charge in [0, 0.05) is 10.0 Å². The molecule has 7 heteroatoms. The standard InChI is InChI=1S/C25H21BrO6/c1-29-21-13-8-18(15-24(21)31-3)25(28)32-22-12-5-16(14-23(22)30-2)4-11-20(27)17-6-9-19(26)10-7-17/h4-15H,1-3H3. The molecule has 164 valence electrons. The molecule has 0 heterocycles. The van der Waals surface area contributed by atoms with Crippen LogP contribution in [-0.4, -0.2) is 33.1 Å². The van der Waals surface area contributed by atoms with Crippen LogP contribution in [0, 0.1) is 0 Å². The Morgan fingerprint density at radius 1 is 0.719 bits per heavy atom. The minimum absolute atomic E-state index is 0.125. The lowest BCUT2D eigenvalue weighted by atomic mass is 10.1. The van der Waals surface area contributed by atoms with Crippen molar-refractivity contribution in [3.63, 3.8) is 0 Å². The number of hydrogen-bond donors (Lipinski definition) is 0. The average Bonchev–Trinajstić information content (AvgIpc) is 2.82. The molecule has 0 aromatic heterocycles.